The van der Waals surface area contributed by atoms with Crippen molar-refractivity contribution in [1.29, 1.82) is 0 Å². The molecule has 0 aliphatic carbocycles. The number of hydrogen-bond donors (Lipinski definition) is 0. The molecule has 0 radical (unpaired) electrons. The molecule has 0 aliphatic heterocycles. The molecule has 0 unspecified atom stereocenters. The van der Waals surface area contributed by atoms with Crippen molar-refractivity contribution >= 4 is 22.4 Å². The minimum absolute atomic E-state index is 0.0766. The molecule has 0 saturated carbocycles. The highest BCUT2D eigenvalue weighted by Gasteiger charge is 2.28. The minimum atomic E-state index is -0.552. The van der Waals surface area contributed by atoms with Crippen LogP contribution >= 0.6 is 0 Å². The van der Waals surface area contributed by atoms with Crippen LogP contribution in [0.25, 0.3) is 21.9 Å². The normalized spacial score (nSPS) is 10.7. The maximum Gasteiger partial charge on any atom is 0.338 e. The van der Waals surface area contributed by atoms with E-state index in [9.17, 15) is 14.9 Å². The third kappa shape index (κ3) is 2.99. The Kier molecular flexibility index (Phi) is 4.81. The lowest BCUT2D eigenvalue weighted by Gasteiger charge is -2.17. The molecule has 0 atom stereocenters. The molecule has 0 fully saturated rings. The van der Waals surface area contributed by atoms with Crippen LogP contribution in [0.1, 0.15) is 21.5 Å². The SMILES string of the molecule is COC(=O)c1ccc2ccccc2c1-c1c([N+](=O)[O-])cc(C)c(OC)c1C. The molecule has 0 heterocycles. The van der Waals surface area contributed by atoms with Gasteiger partial charge in [0.1, 0.15) is 5.75 Å². The average molecular weight is 365 g/mol. The molecule has 6 nitrogen and oxygen atoms in total. The van der Waals surface area contributed by atoms with Gasteiger partial charge in [-0.2, -0.15) is 0 Å². The number of carbonyl (C=O) groups is 1. The summed E-state index contributed by atoms with van der Waals surface area (Å²) < 4.78 is 10.4. The van der Waals surface area contributed by atoms with Gasteiger partial charge in [-0.05, 0) is 36.2 Å². The molecular formula is C21H19NO5. The van der Waals surface area contributed by atoms with Crippen LogP contribution in [0.5, 0.6) is 5.75 Å². The molecule has 0 aromatic heterocycles. The third-order valence-electron chi connectivity index (χ3n) is 4.67. The summed E-state index contributed by atoms with van der Waals surface area (Å²) in [4.78, 5) is 23.8. The van der Waals surface area contributed by atoms with Crippen LogP contribution in [0.3, 0.4) is 0 Å². The number of carbonyl (C=O) groups excluding carboxylic acids is 1. The molecule has 0 N–H and O–H groups in total. The van der Waals surface area contributed by atoms with Crippen molar-refractivity contribution in [3.05, 3.63) is 69.3 Å². The number of ether oxygens (including phenoxy) is 2. The Morgan fingerprint density at radius 3 is 2.37 bits per heavy atom. The number of rotatable bonds is 4. The van der Waals surface area contributed by atoms with Gasteiger partial charge in [-0.15, -0.1) is 0 Å². The number of esters is 1. The Hall–Kier alpha value is -3.41. The summed E-state index contributed by atoms with van der Waals surface area (Å²) in [6.07, 6.45) is 0. The van der Waals surface area contributed by atoms with Gasteiger partial charge in [-0.25, -0.2) is 4.79 Å². The monoisotopic (exact) mass is 365 g/mol. The summed E-state index contributed by atoms with van der Waals surface area (Å²) in [5.74, 6) is 0.00310. The Morgan fingerprint density at radius 1 is 1.04 bits per heavy atom. The van der Waals surface area contributed by atoms with Gasteiger partial charge < -0.3 is 9.47 Å². The number of benzene rings is 3. The molecule has 3 rings (SSSR count). The van der Waals surface area contributed by atoms with Crippen molar-refractivity contribution in [3.63, 3.8) is 0 Å². The number of nitro groups is 1. The minimum Gasteiger partial charge on any atom is -0.496 e. The number of methoxy groups -OCH3 is 2. The van der Waals surface area contributed by atoms with Gasteiger partial charge in [0.25, 0.3) is 5.69 Å². The Bertz CT molecular complexity index is 1070. The van der Waals surface area contributed by atoms with E-state index >= 15 is 0 Å². The van der Waals surface area contributed by atoms with Gasteiger partial charge >= 0.3 is 5.97 Å². The van der Waals surface area contributed by atoms with Crippen LogP contribution < -0.4 is 4.74 Å². The van der Waals surface area contributed by atoms with Gasteiger partial charge in [0, 0.05) is 17.2 Å². The number of nitro benzene ring substituents is 1. The van der Waals surface area contributed by atoms with Crippen molar-refractivity contribution in [3.8, 4) is 16.9 Å². The van der Waals surface area contributed by atoms with Crippen molar-refractivity contribution in [2.45, 2.75) is 13.8 Å². The summed E-state index contributed by atoms with van der Waals surface area (Å²) in [6, 6.07) is 12.4. The summed E-state index contributed by atoms with van der Waals surface area (Å²) in [5, 5.41) is 13.4. The van der Waals surface area contributed by atoms with E-state index in [4.69, 9.17) is 9.47 Å². The van der Waals surface area contributed by atoms with E-state index in [-0.39, 0.29) is 11.3 Å². The predicted molar refractivity (Wildman–Crippen MR) is 103 cm³/mol. The topological polar surface area (TPSA) is 78.7 Å². The molecule has 0 bridgehead atoms. The molecule has 3 aromatic carbocycles. The van der Waals surface area contributed by atoms with Crippen LogP contribution in [0, 0.1) is 24.0 Å². The van der Waals surface area contributed by atoms with Crippen molar-refractivity contribution in [1.82, 2.24) is 0 Å². The zero-order chi connectivity index (χ0) is 19.7. The standard InChI is InChI=1S/C21H19NO5/c1-12-11-17(22(24)25)18(13(2)20(12)26-3)19-15-8-6-5-7-14(15)9-10-16(19)21(23)27-4/h5-11H,1-4H3. The van der Waals surface area contributed by atoms with Gasteiger partial charge in [-0.1, -0.05) is 30.3 Å². The molecule has 0 aliphatic rings. The zero-order valence-corrected chi connectivity index (χ0v) is 15.5. The smallest absolute Gasteiger partial charge is 0.338 e. The van der Waals surface area contributed by atoms with Gasteiger partial charge in [0.15, 0.2) is 0 Å². The van der Waals surface area contributed by atoms with Crippen LogP contribution in [0.4, 0.5) is 5.69 Å². The molecule has 6 heteroatoms. The predicted octanol–water partition coefficient (Wildman–Crippen LogP) is 4.83. The van der Waals surface area contributed by atoms with Crippen LogP contribution in [-0.4, -0.2) is 25.1 Å². The summed E-state index contributed by atoms with van der Waals surface area (Å²) in [5.41, 5.74) is 2.29. The second-order valence-corrected chi connectivity index (χ2v) is 6.20. The molecule has 3 aromatic rings. The Balaban J connectivity index is 2.55. The van der Waals surface area contributed by atoms with Gasteiger partial charge in [0.2, 0.25) is 0 Å². The lowest BCUT2D eigenvalue weighted by molar-refractivity contribution is -0.384. The fourth-order valence-electron chi connectivity index (χ4n) is 3.54. The molecule has 0 amide bonds. The lowest BCUT2D eigenvalue weighted by Crippen LogP contribution is -2.07. The Morgan fingerprint density at radius 2 is 1.74 bits per heavy atom. The first-order valence-electron chi connectivity index (χ1n) is 8.33. The van der Waals surface area contributed by atoms with E-state index in [0.717, 1.165) is 10.8 Å². The molecule has 0 spiro atoms. The maximum absolute atomic E-state index is 12.4. The van der Waals surface area contributed by atoms with E-state index in [1.54, 1.807) is 26.0 Å². The van der Waals surface area contributed by atoms with E-state index in [0.29, 0.717) is 28.0 Å². The van der Waals surface area contributed by atoms with Gasteiger partial charge in [-0.3, -0.25) is 10.1 Å². The zero-order valence-electron chi connectivity index (χ0n) is 15.5. The first-order chi connectivity index (χ1) is 12.9. The quantitative estimate of drug-likeness (QED) is 0.376. The number of aryl methyl sites for hydroxylation is 1. The second kappa shape index (κ2) is 7.07. The molecule has 27 heavy (non-hydrogen) atoms. The Labute approximate surface area is 156 Å². The van der Waals surface area contributed by atoms with Crippen molar-refractivity contribution in [2.75, 3.05) is 14.2 Å². The number of hydrogen-bond acceptors (Lipinski definition) is 5. The first-order valence-corrected chi connectivity index (χ1v) is 8.33. The second-order valence-electron chi connectivity index (χ2n) is 6.20. The van der Waals surface area contributed by atoms with E-state index in [1.165, 1.54) is 20.3 Å². The molecular weight excluding hydrogens is 346 g/mol. The highest BCUT2D eigenvalue weighted by atomic mass is 16.6. The fraction of sp³-hybridized carbons (Fsp3) is 0.190. The van der Waals surface area contributed by atoms with E-state index < -0.39 is 10.9 Å². The molecule has 0 saturated heterocycles. The fourth-order valence-corrected chi connectivity index (χ4v) is 3.54. The molecule has 138 valence electrons. The maximum atomic E-state index is 12.4. The highest BCUT2D eigenvalue weighted by Crippen LogP contribution is 2.44. The van der Waals surface area contributed by atoms with Crippen molar-refractivity contribution < 1.29 is 19.2 Å². The average Bonchev–Trinajstić information content (AvgIpc) is 2.66. The van der Waals surface area contributed by atoms with Crippen molar-refractivity contribution in [2.24, 2.45) is 0 Å². The summed E-state index contributed by atoms with van der Waals surface area (Å²) in [6.45, 7) is 3.52. The summed E-state index contributed by atoms with van der Waals surface area (Å²) in [7, 11) is 2.81. The van der Waals surface area contributed by atoms with E-state index in [1.807, 2.05) is 24.3 Å². The van der Waals surface area contributed by atoms with Crippen LogP contribution in [0.15, 0.2) is 42.5 Å². The van der Waals surface area contributed by atoms with Gasteiger partial charge in [0.05, 0.1) is 30.3 Å². The number of fused-ring (bicyclic) bond motifs is 1. The highest BCUT2D eigenvalue weighted by molar-refractivity contribution is 6.10. The summed E-state index contributed by atoms with van der Waals surface area (Å²) >= 11 is 0. The largest absolute Gasteiger partial charge is 0.496 e. The van der Waals surface area contributed by atoms with Crippen LogP contribution in [0.2, 0.25) is 0 Å². The van der Waals surface area contributed by atoms with E-state index in [2.05, 4.69) is 0 Å². The van der Waals surface area contributed by atoms with Crippen LogP contribution in [-0.2, 0) is 4.74 Å². The lowest BCUT2D eigenvalue weighted by atomic mass is 9.88. The number of nitrogens with zero attached hydrogens (tertiary/aromatic N) is 1. The third-order valence-corrected chi connectivity index (χ3v) is 4.67. The first kappa shape index (κ1) is 18.4.